The highest BCUT2D eigenvalue weighted by molar-refractivity contribution is 6.28. The molecule has 0 atom stereocenters. The summed E-state index contributed by atoms with van der Waals surface area (Å²) in [5, 5.41) is 7.27. The van der Waals surface area contributed by atoms with Crippen molar-refractivity contribution in [3.8, 4) is 0 Å². The van der Waals surface area contributed by atoms with Gasteiger partial charge in [-0.2, -0.15) is 0 Å². The molecule has 0 saturated heterocycles. The fourth-order valence-electron chi connectivity index (χ4n) is 6.90. The van der Waals surface area contributed by atoms with E-state index in [0.717, 1.165) is 28.2 Å². The van der Waals surface area contributed by atoms with Crippen molar-refractivity contribution in [2.24, 2.45) is 0 Å². The van der Waals surface area contributed by atoms with Gasteiger partial charge in [0.1, 0.15) is 11.2 Å². The summed E-state index contributed by atoms with van der Waals surface area (Å²) in [6, 6.07) is 43.9. The minimum Gasteiger partial charge on any atom is -0.456 e. The monoisotopic (exact) mass is 517 g/mol. The van der Waals surface area contributed by atoms with Gasteiger partial charge in [0.2, 0.25) is 0 Å². The summed E-state index contributed by atoms with van der Waals surface area (Å²) < 4.78 is 6.60. The van der Waals surface area contributed by atoms with Gasteiger partial charge in [-0.3, -0.25) is 0 Å². The zero-order chi connectivity index (χ0) is 26.5. The van der Waals surface area contributed by atoms with E-state index in [1.54, 1.807) is 0 Å². The van der Waals surface area contributed by atoms with Crippen molar-refractivity contribution in [3.05, 3.63) is 127 Å². The number of benzene rings is 6. The summed E-state index contributed by atoms with van der Waals surface area (Å²) in [5.41, 5.74) is 6.75. The van der Waals surface area contributed by atoms with E-state index in [4.69, 9.17) is 4.42 Å². The van der Waals surface area contributed by atoms with Crippen molar-refractivity contribution in [3.63, 3.8) is 0 Å². The molecule has 1 aliphatic carbocycles. The van der Waals surface area contributed by atoms with Gasteiger partial charge in [0.15, 0.2) is 0 Å². The molecule has 6 aromatic carbocycles. The maximum atomic E-state index is 6.60. The molecule has 1 aromatic heterocycles. The van der Waals surface area contributed by atoms with Gasteiger partial charge in [-0.25, -0.2) is 0 Å². The van der Waals surface area contributed by atoms with Crippen molar-refractivity contribution in [1.82, 2.24) is 0 Å². The second-order valence-electron chi connectivity index (χ2n) is 11.2. The van der Waals surface area contributed by atoms with Crippen LogP contribution < -0.4 is 4.90 Å². The maximum absolute atomic E-state index is 6.60. The van der Waals surface area contributed by atoms with Crippen LogP contribution in [0.2, 0.25) is 0 Å². The SMILES string of the molecule is c1ccc(N(c2ccc(C3CCCCC3)cc2)c2cc3oc4ccc5ccccc5c4c3c3ccccc23)cc1. The molecule has 194 valence electrons. The third-order valence-electron chi connectivity index (χ3n) is 8.83. The van der Waals surface area contributed by atoms with Crippen LogP contribution in [0.4, 0.5) is 17.1 Å². The largest absolute Gasteiger partial charge is 0.456 e. The molecule has 1 fully saturated rings. The number of anilines is 3. The number of hydrogen-bond donors (Lipinski definition) is 0. The van der Waals surface area contributed by atoms with Gasteiger partial charge >= 0.3 is 0 Å². The van der Waals surface area contributed by atoms with E-state index in [2.05, 4.69) is 126 Å². The number of fused-ring (bicyclic) bond motifs is 7. The van der Waals surface area contributed by atoms with E-state index in [9.17, 15) is 0 Å². The molecular formula is C38H31NO. The molecule has 8 rings (SSSR count). The van der Waals surface area contributed by atoms with Crippen molar-refractivity contribution in [1.29, 1.82) is 0 Å². The normalized spacial score (nSPS) is 14.4. The first-order valence-electron chi connectivity index (χ1n) is 14.6. The Bertz CT molecular complexity index is 1980. The Morgan fingerprint density at radius 1 is 0.525 bits per heavy atom. The fourth-order valence-corrected chi connectivity index (χ4v) is 6.90. The molecule has 0 radical (unpaired) electrons. The smallest absolute Gasteiger partial charge is 0.138 e. The molecular weight excluding hydrogens is 486 g/mol. The van der Waals surface area contributed by atoms with Gasteiger partial charge in [0.25, 0.3) is 0 Å². The van der Waals surface area contributed by atoms with E-state index < -0.39 is 0 Å². The topological polar surface area (TPSA) is 16.4 Å². The Balaban J connectivity index is 1.38. The zero-order valence-electron chi connectivity index (χ0n) is 22.5. The summed E-state index contributed by atoms with van der Waals surface area (Å²) in [6.07, 6.45) is 6.69. The van der Waals surface area contributed by atoms with E-state index in [-0.39, 0.29) is 0 Å². The number of rotatable bonds is 4. The lowest BCUT2D eigenvalue weighted by Crippen LogP contribution is -2.11. The molecule has 2 heteroatoms. The standard InChI is InChI=1S/C38H31NO/c1-3-11-26(12-4-1)27-19-22-30(23-20-27)39(29-14-5-2-6-15-29)34-25-36-38(33-18-10-9-17-32(33)34)37-31-16-8-7-13-28(31)21-24-35(37)40-36/h2,5-10,13-26H,1,3-4,11-12H2. The van der Waals surface area contributed by atoms with Crippen LogP contribution in [0.15, 0.2) is 126 Å². The fraction of sp³-hybridized carbons (Fsp3) is 0.158. The quantitative estimate of drug-likeness (QED) is 0.231. The van der Waals surface area contributed by atoms with Crippen molar-refractivity contribution >= 4 is 60.5 Å². The van der Waals surface area contributed by atoms with Crippen LogP contribution in [0.1, 0.15) is 43.6 Å². The first-order valence-corrected chi connectivity index (χ1v) is 14.6. The first kappa shape index (κ1) is 23.3. The highest BCUT2D eigenvalue weighted by Crippen LogP contribution is 2.46. The molecule has 0 aliphatic heterocycles. The number of para-hydroxylation sites is 1. The third-order valence-corrected chi connectivity index (χ3v) is 8.83. The van der Waals surface area contributed by atoms with Crippen LogP contribution in [0.25, 0.3) is 43.5 Å². The Hall–Kier alpha value is -4.56. The van der Waals surface area contributed by atoms with Gasteiger partial charge in [-0.15, -0.1) is 0 Å². The Morgan fingerprint density at radius 2 is 1.18 bits per heavy atom. The molecule has 1 saturated carbocycles. The second kappa shape index (κ2) is 9.57. The first-order chi connectivity index (χ1) is 19.8. The number of furan rings is 1. The number of hydrogen-bond acceptors (Lipinski definition) is 2. The summed E-state index contributed by atoms with van der Waals surface area (Å²) in [4.78, 5) is 2.39. The van der Waals surface area contributed by atoms with Crippen molar-refractivity contribution < 1.29 is 4.42 Å². The molecule has 0 unspecified atom stereocenters. The van der Waals surface area contributed by atoms with Crippen LogP contribution in [-0.4, -0.2) is 0 Å². The molecule has 2 nitrogen and oxygen atoms in total. The van der Waals surface area contributed by atoms with Gasteiger partial charge in [0.05, 0.1) is 5.69 Å². The Kier molecular flexibility index (Phi) is 5.58. The van der Waals surface area contributed by atoms with Crippen LogP contribution in [0.3, 0.4) is 0 Å². The molecule has 1 aliphatic rings. The number of nitrogens with zero attached hydrogens (tertiary/aromatic N) is 1. The summed E-state index contributed by atoms with van der Waals surface area (Å²) in [6.45, 7) is 0. The highest BCUT2D eigenvalue weighted by atomic mass is 16.3. The summed E-state index contributed by atoms with van der Waals surface area (Å²) in [7, 11) is 0. The van der Waals surface area contributed by atoms with E-state index in [1.807, 2.05) is 0 Å². The van der Waals surface area contributed by atoms with Gasteiger partial charge in [-0.05, 0) is 70.8 Å². The predicted octanol–water partition coefficient (Wildman–Crippen LogP) is 11.4. The average Bonchev–Trinajstić information content (AvgIpc) is 3.42. The third kappa shape index (κ3) is 3.78. The Labute approximate surface area is 234 Å². The highest BCUT2D eigenvalue weighted by Gasteiger charge is 2.22. The van der Waals surface area contributed by atoms with Crippen LogP contribution >= 0.6 is 0 Å². The maximum Gasteiger partial charge on any atom is 0.138 e. The van der Waals surface area contributed by atoms with Gasteiger partial charge < -0.3 is 9.32 Å². The van der Waals surface area contributed by atoms with E-state index >= 15 is 0 Å². The predicted molar refractivity (Wildman–Crippen MR) is 169 cm³/mol. The molecule has 0 amide bonds. The van der Waals surface area contributed by atoms with Crippen molar-refractivity contribution in [2.75, 3.05) is 4.90 Å². The van der Waals surface area contributed by atoms with Gasteiger partial charge in [-0.1, -0.05) is 104 Å². The average molecular weight is 518 g/mol. The molecule has 40 heavy (non-hydrogen) atoms. The zero-order valence-corrected chi connectivity index (χ0v) is 22.5. The second-order valence-corrected chi connectivity index (χ2v) is 11.2. The van der Waals surface area contributed by atoms with E-state index in [0.29, 0.717) is 5.92 Å². The summed E-state index contributed by atoms with van der Waals surface area (Å²) in [5.74, 6) is 0.690. The van der Waals surface area contributed by atoms with E-state index in [1.165, 1.54) is 70.0 Å². The minimum absolute atomic E-state index is 0.690. The minimum atomic E-state index is 0.690. The van der Waals surface area contributed by atoms with Crippen LogP contribution in [0, 0.1) is 0 Å². The van der Waals surface area contributed by atoms with Crippen LogP contribution in [0.5, 0.6) is 0 Å². The molecule has 0 N–H and O–H groups in total. The Morgan fingerprint density at radius 3 is 1.98 bits per heavy atom. The van der Waals surface area contributed by atoms with Crippen LogP contribution in [-0.2, 0) is 0 Å². The lowest BCUT2D eigenvalue weighted by Gasteiger charge is -2.28. The lowest BCUT2D eigenvalue weighted by atomic mass is 9.84. The molecule has 0 bridgehead atoms. The summed E-state index contributed by atoms with van der Waals surface area (Å²) >= 11 is 0. The molecule has 0 spiro atoms. The molecule has 7 aromatic rings. The van der Waals surface area contributed by atoms with Gasteiger partial charge in [0, 0.05) is 33.6 Å². The lowest BCUT2D eigenvalue weighted by molar-refractivity contribution is 0.443. The van der Waals surface area contributed by atoms with Crippen molar-refractivity contribution in [2.45, 2.75) is 38.0 Å². The molecule has 1 heterocycles.